The van der Waals surface area contributed by atoms with Crippen molar-refractivity contribution in [2.24, 2.45) is 5.92 Å². The maximum absolute atomic E-state index is 13.4. The van der Waals surface area contributed by atoms with Gasteiger partial charge in [-0.15, -0.1) is 0 Å². The summed E-state index contributed by atoms with van der Waals surface area (Å²) in [5.74, 6) is -1.40. The van der Waals surface area contributed by atoms with Gasteiger partial charge >= 0.3 is 6.03 Å². The maximum atomic E-state index is 13.4. The molecule has 0 aliphatic carbocycles. The highest BCUT2D eigenvalue weighted by molar-refractivity contribution is 6.31. The molecule has 1 unspecified atom stereocenters. The molecule has 0 radical (unpaired) electrons. The summed E-state index contributed by atoms with van der Waals surface area (Å²) in [7, 11) is 0. The molecule has 1 aliphatic rings. The summed E-state index contributed by atoms with van der Waals surface area (Å²) in [4.78, 5) is 38.7. The van der Waals surface area contributed by atoms with Crippen LogP contribution in [0.1, 0.15) is 20.8 Å². The predicted octanol–water partition coefficient (Wildman–Crippen LogP) is 2.00. The number of hydrogen-bond acceptors (Lipinski definition) is 4. The van der Waals surface area contributed by atoms with E-state index in [9.17, 15) is 18.8 Å². The first-order chi connectivity index (χ1) is 12.7. The smallest absolute Gasteiger partial charge is 0.321 e. The number of carbonyl (C=O) groups excluding carboxylic acids is 3. The summed E-state index contributed by atoms with van der Waals surface area (Å²) < 4.78 is 13.4. The van der Waals surface area contributed by atoms with Crippen molar-refractivity contribution in [1.29, 1.82) is 0 Å². The summed E-state index contributed by atoms with van der Waals surface area (Å²) >= 11 is 5.87. The first kappa shape index (κ1) is 21.0. The van der Waals surface area contributed by atoms with E-state index in [2.05, 4.69) is 15.5 Å². The summed E-state index contributed by atoms with van der Waals surface area (Å²) in [5.41, 5.74) is 0.816. The monoisotopic (exact) mass is 398 g/mol. The zero-order valence-electron chi connectivity index (χ0n) is 15.6. The van der Waals surface area contributed by atoms with Crippen LogP contribution < -0.4 is 15.5 Å². The number of anilines is 1. The summed E-state index contributed by atoms with van der Waals surface area (Å²) in [6.07, 6.45) is 0. The van der Waals surface area contributed by atoms with Gasteiger partial charge in [0.15, 0.2) is 0 Å². The van der Waals surface area contributed by atoms with Gasteiger partial charge < -0.3 is 15.1 Å². The van der Waals surface area contributed by atoms with Gasteiger partial charge in [0, 0.05) is 44.8 Å². The second kappa shape index (κ2) is 9.03. The fourth-order valence-corrected chi connectivity index (χ4v) is 3.23. The van der Waals surface area contributed by atoms with Crippen LogP contribution in [0.25, 0.3) is 0 Å². The van der Waals surface area contributed by atoms with Gasteiger partial charge in [-0.3, -0.25) is 14.9 Å². The molecule has 2 N–H and O–H groups in total. The fraction of sp³-hybridized carbons (Fsp3) is 0.500. The van der Waals surface area contributed by atoms with Crippen LogP contribution >= 0.6 is 11.6 Å². The Kier molecular flexibility index (Phi) is 7.01. The molecule has 27 heavy (non-hydrogen) atoms. The van der Waals surface area contributed by atoms with Gasteiger partial charge in [0.1, 0.15) is 5.82 Å². The molecular formula is C18H24ClFN4O3. The van der Waals surface area contributed by atoms with E-state index < -0.39 is 23.7 Å². The van der Waals surface area contributed by atoms with Gasteiger partial charge in [-0.2, -0.15) is 0 Å². The molecule has 0 bridgehead atoms. The molecule has 1 heterocycles. The third-order valence-electron chi connectivity index (χ3n) is 4.45. The maximum Gasteiger partial charge on any atom is 0.321 e. The van der Waals surface area contributed by atoms with Crippen LogP contribution in [-0.2, 0) is 9.59 Å². The van der Waals surface area contributed by atoms with Crippen LogP contribution in [0.2, 0.25) is 5.02 Å². The van der Waals surface area contributed by atoms with Crippen LogP contribution in [0.3, 0.4) is 0 Å². The molecule has 1 aliphatic heterocycles. The third kappa shape index (κ3) is 5.56. The van der Waals surface area contributed by atoms with Crippen molar-refractivity contribution < 1.29 is 18.8 Å². The van der Waals surface area contributed by atoms with E-state index in [0.29, 0.717) is 19.6 Å². The van der Waals surface area contributed by atoms with Crippen molar-refractivity contribution in [1.82, 2.24) is 15.5 Å². The van der Waals surface area contributed by atoms with E-state index in [1.807, 2.05) is 6.92 Å². The van der Waals surface area contributed by atoms with Crippen LogP contribution in [0.5, 0.6) is 0 Å². The number of hydrogen-bond donors (Lipinski definition) is 2. The number of benzene rings is 1. The van der Waals surface area contributed by atoms with E-state index in [4.69, 9.17) is 11.6 Å². The van der Waals surface area contributed by atoms with Crippen LogP contribution in [0, 0.1) is 11.7 Å². The molecule has 2 atom stereocenters. The number of amides is 4. The molecular weight excluding hydrogens is 375 g/mol. The minimum atomic E-state index is -0.617. The number of piperazine rings is 1. The molecule has 148 valence electrons. The van der Waals surface area contributed by atoms with E-state index in [0.717, 1.165) is 5.69 Å². The normalized spacial score (nSPS) is 18.0. The number of carbonyl (C=O) groups is 3. The Bertz CT molecular complexity index is 731. The Morgan fingerprint density at radius 1 is 1.33 bits per heavy atom. The summed E-state index contributed by atoms with van der Waals surface area (Å²) in [6, 6.07) is 4.02. The van der Waals surface area contributed by atoms with Gasteiger partial charge in [-0.1, -0.05) is 18.5 Å². The quantitative estimate of drug-likeness (QED) is 0.812. The van der Waals surface area contributed by atoms with Gasteiger partial charge in [0.05, 0.1) is 10.9 Å². The van der Waals surface area contributed by atoms with E-state index >= 15 is 0 Å². The molecule has 4 amide bonds. The standard InChI is InChI=1S/C18H24ClFN4O3/c1-11(9-21-18(27)22-13(3)25)17(26)23-6-7-24(12(2)10-23)14-4-5-16(20)15(19)8-14/h4-5,8,11-12H,6-7,9-10H2,1-3H3,(H2,21,22,25,27)/t11?,12-/m0/s1. The Labute approximate surface area is 162 Å². The molecule has 0 saturated carbocycles. The molecule has 0 aromatic heterocycles. The molecule has 0 spiro atoms. The Morgan fingerprint density at radius 3 is 2.63 bits per heavy atom. The first-order valence-corrected chi connectivity index (χ1v) is 9.12. The van der Waals surface area contributed by atoms with Crippen molar-refractivity contribution in [3.05, 3.63) is 29.0 Å². The zero-order valence-corrected chi connectivity index (χ0v) is 16.3. The Morgan fingerprint density at radius 2 is 2.04 bits per heavy atom. The number of nitrogens with one attached hydrogen (secondary N) is 2. The van der Waals surface area contributed by atoms with Crippen molar-refractivity contribution in [3.63, 3.8) is 0 Å². The number of halogens is 2. The van der Waals surface area contributed by atoms with Crippen molar-refractivity contribution in [3.8, 4) is 0 Å². The van der Waals surface area contributed by atoms with Crippen LogP contribution in [0.4, 0.5) is 14.9 Å². The average molecular weight is 399 g/mol. The lowest BCUT2D eigenvalue weighted by atomic mass is 10.1. The molecule has 2 rings (SSSR count). The summed E-state index contributed by atoms with van der Waals surface area (Å²) in [5, 5.41) is 4.68. The van der Waals surface area contributed by atoms with Gasteiger partial charge in [-0.05, 0) is 25.1 Å². The zero-order chi connectivity index (χ0) is 20.1. The highest BCUT2D eigenvalue weighted by Crippen LogP contribution is 2.26. The molecule has 1 fully saturated rings. The second-order valence-electron chi connectivity index (χ2n) is 6.72. The first-order valence-electron chi connectivity index (χ1n) is 8.75. The minimum Gasteiger partial charge on any atom is -0.365 e. The number of rotatable bonds is 4. The molecule has 1 saturated heterocycles. The highest BCUT2D eigenvalue weighted by atomic mass is 35.5. The number of imide groups is 1. The number of urea groups is 1. The summed E-state index contributed by atoms with van der Waals surface area (Å²) in [6.45, 7) is 6.72. The number of nitrogens with zero attached hydrogens (tertiary/aromatic N) is 2. The predicted molar refractivity (Wildman–Crippen MR) is 101 cm³/mol. The van der Waals surface area contributed by atoms with Crippen molar-refractivity contribution in [2.75, 3.05) is 31.1 Å². The lowest BCUT2D eigenvalue weighted by Crippen LogP contribution is -2.55. The lowest BCUT2D eigenvalue weighted by molar-refractivity contribution is -0.135. The van der Waals surface area contributed by atoms with Crippen LogP contribution in [0.15, 0.2) is 18.2 Å². The van der Waals surface area contributed by atoms with E-state index in [-0.39, 0.29) is 23.5 Å². The molecule has 1 aromatic rings. The van der Waals surface area contributed by atoms with E-state index in [1.54, 1.807) is 24.0 Å². The lowest BCUT2D eigenvalue weighted by Gasteiger charge is -2.42. The Balaban J connectivity index is 1.90. The minimum absolute atomic E-state index is 0.0328. The van der Waals surface area contributed by atoms with Gasteiger partial charge in [0.2, 0.25) is 11.8 Å². The largest absolute Gasteiger partial charge is 0.365 e. The van der Waals surface area contributed by atoms with Gasteiger partial charge in [0.25, 0.3) is 0 Å². The topological polar surface area (TPSA) is 81.8 Å². The second-order valence-corrected chi connectivity index (χ2v) is 7.12. The fourth-order valence-electron chi connectivity index (χ4n) is 3.05. The average Bonchev–Trinajstić information content (AvgIpc) is 2.60. The van der Waals surface area contributed by atoms with Gasteiger partial charge in [-0.25, -0.2) is 9.18 Å². The molecule has 7 nitrogen and oxygen atoms in total. The van der Waals surface area contributed by atoms with E-state index in [1.165, 1.54) is 13.0 Å². The third-order valence-corrected chi connectivity index (χ3v) is 4.74. The highest BCUT2D eigenvalue weighted by Gasteiger charge is 2.29. The Hall–Kier alpha value is -2.35. The molecule has 1 aromatic carbocycles. The van der Waals surface area contributed by atoms with Crippen molar-refractivity contribution in [2.45, 2.75) is 26.8 Å². The van der Waals surface area contributed by atoms with Crippen molar-refractivity contribution >= 4 is 35.1 Å². The molecule has 9 heteroatoms. The van der Waals surface area contributed by atoms with Crippen LogP contribution in [-0.4, -0.2) is 55.0 Å². The SMILES string of the molecule is CC(=O)NC(=O)NCC(C)C(=O)N1CCN(c2ccc(F)c(Cl)c2)[C@@H](C)C1.